The van der Waals surface area contributed by atoms with Crippen LogP contribution in [0.15, 0.2) is 109 Å². The standard InChI is InChI=1S/C22H18F2N2O4.C21H16F2N2O4/c1-13-9-14(3-8-18(13)22(28)29-2)11-25-20(27)19-10-16(24)12-26-21(19)30-17-6-4-15(23)5-7-17;1-12-8-13(2-7-17(12)21(27)28)10-24-19(26)18-9-15(23)11-25-20(18)29-16-5-3-14(22)4-6-16/h3-10,12H,11H2,1-2H3,(H,25,27);2-9,11H,10H2,1H3,(H,24,26)(H,27,28). The number of carbonyl (C=O) groups excluding carboxylic acids is 3. The minimum Gasteiger partial charge on any atom is -0.478 e. The van der Waals surface area contributed by atoms with Crippen LogP contribution in [0, 0.1) is 37.1 Å². The maximum absolute atomic E-state index is 13.7. The average molecular weight is 811 g/mol. The second-order valence-electron chi connectivity index (χ2n) is 12.6. The molecule has 3 N–H and O–H groups in total. The first kappa shape index (κ1) is 42.5. The molecule has 4 aromatic carbocycles. The van der Waals surface area contributed by atoms with Gasteiger partial charge >= 0.3 is 11.9 Å². The number of halogens is 4. The molecule has 0 fully saturated rings. The van der Waals surface area contributed by atoms with Gasteiger partial charge in [-0.25, -0.2) is 37.1 Å². The van der Waals surface area contributed by atoms with Gasteiger partial charge in [0.2, 0.25) is 11.8 Å². The third-order valence-corrected chi connectivity index (χ3v) is 8.30. The third kappa shape index (κ3) is 11.7. The lowest BCUT2D eigenvalue weighted by atomic mass is 10.1. The monoisotopic (exact) mass is 810 g/mol. The minimum atomic E-state index is -1.04. The van der Waals surface area contributed by atoms with Gasteiger partial charge in [-0.05, 0) is 109 Å². The molecule has 6 aromatic rings. The van der Waals surface area contributed by atoms with Crippen LogP contribution in [0.3, 0.4) is 0 Å². The number of nitrogens with one attached hydrogen (secondary N) is 2. The van der Waals surface area contributed by atoms with Crippen molar-refractivity contribution in [2.75, 3.05) is 7.11 Å². The number of aromatic carboxylic acids is 1. The minimum absolute atomic E-state index is 0.0894. The maximum Gasteiger partial charge on any atom is 0.338 e. The van der Waals surface area contributed by atoms with Gasteiger partial charge in [-0.2, -0.15) is 0 Å². The van der Waals surface area contributed by atoms with E-state index in [0.29, 0.717) is 22.3 Å². The summed E-state index contributed by atoms with van der Waals surface area (Å²) in [7, 11) is 1.30. The van der Waals surface area contributed by atoms with Crippen LogP contribution in [-0.2, 0) is 17.8 Å². The molecule has 0 aliphatic rings. The molecular formula is C43H34F4N4O8. The van der Waals surface area contributed by atoms with Crippen molar-refractivity contribution in [3.8, 4) is 23.3 Å². The number of ether oxygens (including phenoxy) is 3. The molecule has 0 aliphatic carbocycles. The van der Waals surface area contributed by atoms with Crippen molar-refractivity contribution in [1.82, 2.24) is 20.6 Å². The van der Waals surface area contributed by atoms with Crippen molar-refractivity contribution in [3.05, 3.63) is 177 Å². The van der Waals surface area contributed by atoms with Crippen molar-refractivity contribution in [3.63, 3.8) is 0 Å². The van der Waals surface area contributed by atoms with Crippen LogP contribution in [0.2, 0.25) is 0 Å². The Bertz CT molecular complexity index is 2500. The van der Waals surface area contributed by atoms with Gasteiger partial charge in [-0.3, -0.25) is 9.59 Å². The summed E-state index contributed by atoms with van der Waals surface area (Å²) in [5, 5.41) is 14.4. The fourth-order valence-electron chi connectivity index (χ4n) is 5.38. The molecule has 0 bridgehead atoms. The molecule has 0 aliphatic heterocycles. The van der Waals surface area contributed by atoms with E-state index in [4.69, 9.17) is 19.3 Å². The number of aryl methyl sites for hydroxylation is 2. The lowest BCUT2D eigenvalue weighted by Crippen LogP contribution is -2.24. The molecule has 2 amide bonds. The number of hydrogen-bond acceptors (Lipinski definition) is 9. The number of rotatable bonds is 12. The summed E-state index contributed by atoms with van der Waals surface area (Å²) in [6.45, 7) is 3.63. The molecule has 2 heterocycles. The molecule has 0 radical (unpaired) electrons. The van der Waals surface area contributed by atoms with Crippen molar-refractivity contribution in [1.29, 1.82) is 0 Å². The van der Waals surface area contributed by atoms with Crippen LogP contribution in [0.1, 0.15) is 63.7 Å². The number of nitrogens with zero attached hydrogens (tertiary/aromatic N) is 2. The molecule has 0 unspecified atom stereocenters. The van der Waals surface area contributed by atoms with E-state index in [1.807, 2.05) is 0 Å². The number of hydrogen-bond donors (Lipinski definition) is 3. The number of carboxylic acids is 1. The number of benzene rings is 4. The fraction of sp³-hybridized carbons (Fsp3) is 0.116. The molecule has 0 atom stereocenters. The Morgan fingerprint density at radius 1 is 0.559 bits per heavy atom. The number of aromatic nitrogens is 2. The molecule has 12 nitrogen and oxygen atoms in total. The second-order valence-corrected chi connectivity index (χ2v) is 12.6. The summed E-state index contributed by atoms with van der Waals surface area (Å²) < 4.78 is 69.1. The summed E-state index contributed by atoms with van der Waals surface area (Å²) in [5.41, 5.74) is 3.01. The number of methoxy groups -OCH3 is 1. The second kappa shape index (κ2) is 19.5. The highest BCUT2D eigenvalue weighted by molar-refractivity contribution is 5.97. The van der Waals surface area contributed by atoms with Crippen molar-refractivity contribution in [2.45, 2.75) is 26.9 Å². The van der Waals surface area contributed by atoms with E-state index in [9.17, 15) is 36.7 Å². The van der Waals surface area contributed by atoms with Crippen LogP contribution in [0.4, 0.5) is 17.6 Å². The molecule has 16 heteroatoms. The van der Waals surface area contributed by atoms with Crippen LogP contribution < -0.4 is 20.1 Å². The van der Waals surface area contributed by atoms with Gasteiger partial charge in [0.15, 0.2) is 0 Å². The van der Waals surface area contributed by atoms with Gasteiger partial charge in [0.25, 0.3) is 11.8 Å². The predicted octanol–water partition coefficient (Wildman–Crippen LogP) is 8.27. The maximum atomic E-state index is 13.7. The first-order valence-corrected chi connectivity index (χ1v) is 17.5. The van der Waals surface area contributed by atoms with Gasteiger partial charge in [-0.1, -0.05) is 24.3 Å². The van der Waals surface area contributed by atoms with Gasteiger partial charge in [0.05, 0.1) is 30.6 Å². The lowest BCUT2D eigenvalue weighted by Gasteiger charge is -2.12. The number of carboxylic acid groups (broad SMARTS) is 1. The Morgan fingerprint density at radius 3 is 1.34 bits per heavy atom. The number of esters is 1. The summed E-state index contributed by atoms with van der Waals surface area (Å²) in [5.74, 6) is -4.80. The van der Waals surface area contributed by atoms with E-state index in [-0.39, 0.29) is 53.0 Å². The van der Waals surface area contributed by atoms with Crippen LogP contribution >= 0.6 is 0 Å². The first-order valence-electron chi connectivity index (χ1n) is 17.5. The zero-order chi connectivity index (χ0) is 42.6. The SMILES string of the molecule is COC(=O)c1ccc(CNC(=O)c2cc(F)cnc2Oc2ccc(F)cc2)cc1C.Cc1cc(CNC(=O)c2cc(F)cnc2Oc2ccc(F)cc2)ccc1C(=O)O. The first-order chi connectivity index (χ1) is 28.2. The Morgan fingerprint density at radius 2 is 0.966 bits per heavy atom. The topological polar surface area (TPSA) is 166 Å². The van der Waals surface area contributed by atoms with Gasteiger partial charge < -0.3 is 30.0 Å². The molecule has 0 saturated heterocycles. The van der Waals surface area contributed by atoms with E-state index >= 15 is 0 Å². The van der Waals surface area contributed by atoms with Gasteiger partial charge in [-0.15, -0.1) is 0 Å². The molecule has 2 aromatic heterocycles. The van der Waals surface area contributed by atoms with Gasteiger partial charge in [0, 0.05) is 13.1 Å². The Labute approximate surface area is 334 Å². The molecule has 0 saturated carbocycles. The van der Waals surface area contributed by atoms with E-state index in [1.54, 1.807) is 44.2 Å². The smallest absolute Gasteiger partial charge is 0.338 e. The Balaban J connectivity index is 0.000000224. The zero-order valence-corrected chi connectivity index (χ0v) is 31.5. The average Bonchev–Trinajstić information content (AvgIpc) is 3.21. The third-order valence-electron chi connectivity index (χ3n) is 8.30. The molecular weight excluding hydrogens is 776 g/mol. The van der Waals surface area contributed by atoms with E-state index in [0.717, 1.165) is 30.1 Å². The molecule has 0 spiro atoms. The summed E-state index contributed by atoms with van der Waals surface area (Å²) in [4.78, 5) is 55.5. The Hall–Kier alpha value is -7.62. The largest absolute Gasteiger partial charge is 0.478 e. The summed E-state index contributed by atoms with van der Waals surface area (Å²) >= 11 is 0. The van der Waals surface area contributed by atoms with Crippen molar-refractivity contribution >= 4 is 23.8 Å². The predicted molar refractivity (Wildman–Crippen MR) is 204 cm³/mol. The lowest BCUT2D eigenvalue weighted by molar-refractivity contribution is 0.0598. The number of carbonyl (C=O) groups is 4. The highest BCUT2D eigenvalue weighted by Gasteiger charge is 2.19. The van der Waals surface area contributed by atoms with Crippen molar-refractivity contribution in [2.24, 2.45) is 0 Å². The van der Waals surface area contributed by atoms with Crippen molar-refractivity contribution < 1.29 is 56.1 Å². The highest BCUT2D eigenvalue weighted by atomic mass is 19.1. The van der Waals surface area contributed by atoms with Crippen LogP contribution in [0.25, 0.3) is 0 Å². The Kier molecular flexibility index (Phi) is 14.1. The molecule has 302 valence electrons. The molecule has 59 heavy (non-hydrogen) atoms. The summed E-state index contributed by atoms with van der Waals surface area (Å²) in [6, 6.07) is 21.9. The van der Waals surface area contributed by atoms with Crippen LogP contribution in [0.5, 0.6) is 23.3 Å². The number of amides is 2. The van der Waals surface area contributed by atoms with Gasteiger partial charge in [0.1, 0.15) is 45.9 Å². The highest BCUT2D eigenvalue weighted by Crippen LogP contribution is 2.26. The molecule has 6 rings (SSSR count). The summed E-state index contributed by atoms with van der Waals surface area (Å²) in [6.07, 6.45) is 1.83. The van der Waals surface area contributed by atoms with E-state index in [1.165, 1.54) is 61.7 Å². The quantitative estimate of drug-likeness (QED) is 0.0809. The van der Waals surface area contributed by atoms with E-state index < -0.39 is 47.0 Å². The van der Waals surface area contributed by atoms with E-state index in [2.05, 4.69) is 20.6 Å². The zero-order valence-electron chi connectivity index (χ0n) is 31.5. The fourth-order valence-corrected chi connectivity index (χ4v) is 5.38. The normalized spacial score (nSPS) is 10.4. The van der Waals surface area contributed by atoms with Crippen LogP contribution in [-0.4, -0.2) is 45.9 Å². The number of pyridine rings is 2.